The number of carbonyl (C=O) groups is 2. The second kappa shape index (κ2) is 3.52. The fraction of sp³-hybridized carbons (Fsp3) is 0.556. The van der Waals surface area contributed by atoms with Crippen molar-refractivity contribution in [2.75, 3.05) is 6.54 Å². The zero-order valence-corrected chi connectivity index (χ0v) is 7.46. The van der Waals surface area contributed by atoms with Gasteiger partial charge in [0.2, 0.25) is 0 Å². The Morgan fingerprint density at radius 2 is 2.08 bits per heavy atom. The van der Waals surface area contributed by atoms with Crippen LogP contribution in [0.1, 0.15) is 26.7 Å². The number of amides is 2. The molecule has 1 aliphatic heterocycles. The maximum atomic E-state index is 11.3. The van der Waals surface area contributed by atoms with E-state index in [1.807, 2.05) is 6.92 Å². The SMILES string of the molecule is CCCCN1C(=O)C=C(C)C1=O. The Morgan fingerprint density at radius 3 is 2.50 bits per heavy atom. The average Bonchev–Trinajstić information content (AvgIpc) is 2.25. The summed E-state index contributed by atoms with van der Waals surface area (Å²) in [6.45, 7) is 4.26. The molecule has 0 aliphatic carbocycles. The number of imide groups is 1. The second-order valence-corrected chi connectivity index (χ2v) is 2.98. The van der Waals surface area contributed by atoms with Crippen molar-refractivity contribution in [1.82, 2.24) is 4.90 Å². The van der Waals surface area contributed by atoms with Crippen molar-refractivity contribution < 1.29 is 9.59 Å². The first-order chi connectivity index (χ1) is 5.66. The third-order valence-corrected chi connectivity index (χ3v) is 1.92. The van der Waals surface area contributed by atoms with E-state index in [-0.39, 0.29) is 11.8 Å². The van der Waals surface area contributed by atoms with Gasteiger partial charge in [-0.15, -0.1) is 0 Å². The molecule has 2 amide bonds. The smallest absolute Gasteiger partial charge is 0.256 e. The van der Waals surface area contributed by atoms with Crippen molar-refractivity contribution in [3.05, 3.63) is 11.6 Å². The lowest BCUT2D eigenvalue weighted by Gasteiger charge is -2.12. The van der Waals surface area contributed by atoms with Crippen molar-refractivity contribution in [3.8, 4) is 0 Å². The summed E-state index contributed by atoms with van der Waals surface area (Å²) < 4.78 is 0. The van der Waals surface area contributed by atoms with Crippen LogP contribution in [0.2, 0.25) is 0 Å². The monoisotopic (exact) mass is 167 g/mol. The van der Waals surface area contributed by atoms with Crippen molar-refractivity contribution in [3.63, 3.8) is 0 Å². The van der Waals surface area contributed by atoms with Gasteiger partial charge in [0.1, 0.15) is 0 Å². The van der Waals surface area contributed by atoms with Gasteiger partial charge in [-0.05, 0) is 13.3 Å². The molecule has 0 unspecified atom stereocenters. The molecule has 0 aromatic rings. The maximum Gasteiger partial charge on any atom is 0.256 e. The lowest BCUT2D eigenvalue weighted by atomic mass is 10.3. The van der Waals surface area contributed by atoms with Crippen LogP contribution in [0.5, 0.6) is 0 Å². The minimum Gasteiger partial charge on any atom is -0.275 e. The third-order valence-electron chi connectivity index (χ3n) is 1.92. The number of unbranched alkanes of at least 4 members (excludes halogenated alkanes) is 1. The van der Waals surface area contributed by atoms with Gasteiger partial charge in [0.05, 0.1) is 0 Å². The fourth-order valence-electron chi connectivity index (χ4n) is 1.17. The molecule has 0 fully saturated rings. The molecule has 0 aromatic carbocycles. The zero-order chi connectivity index (χ0) is 9.14. The van der Waals surface area contributed by atoms with E-state index in [1.54, 1.807) is 6.92 Å². The minimum atomic E-state index is -0.161. The number of carbonyl (C=O) groups excluding carboxylic acids is 2. The summed E-state index contributed by atoms with van der Waals surface area (Å²) in [6.07, 6.45) is 3.28. The molecule has 1 rings (SSSR count). The van der Waals surface area contributed by atoms with Crippen molar-refractivity contribution in [1.29, 1.82) is 0 Å². The Balaban J connectivity index is 2.58. The largest absolute Gasteiger partial charge is 0.275 e. The van der Waals surface area contributed by atoms with E-state index in [4.69, 9.17) is 0 Å². The highest BCUT2D eigenvalue weighted by Crippen LogP contribution is 2.12. The lowest BCUT2D eigenvalue weighted by Crippen LogP contribution is -2.31. The van der Waals surface area contributed by atoms with Gasteiger partial charge < -0.3 is 0 Å². The Kier molecular flexibility index (Phi) is 2.63. The first-order valence-corrected chi connectivity index (χ1v) is 4.21. The Morgan fingerprint density at radius 1 is 1.42 bits per heavy atom. The molecule has 0 N–H and O–H groups in total. The normalized spacial score (nSPS) is 17.2. The maximum absolute atomic E-state index is 11.3. The Labute approximate surface area is 72.0 Å². The van der Waals surface area contributed by atoms with Gasteiger partial charge in [-0.2, -0.15) is 0 Å². The number of hydrogen-bond donors (Lipinski definition) is 0. The molecule has 12 heavy (non-hydrogen) atoms. The van der Waals surface area contributed by atoms with Crippen LogP contribution in [-0.4, -0.2) is 23.3 Å². The molecule has 0 aromatic heterocycles. The molecule has 3 heteroatoms. The van der Waals surface area contributed by atoms with Gasteiger partial charge in [0, 0.05) is 18.2 Å². The molecular formula is C9H13NO2. The Bertz CT molecular complexity index is 243. The number of nitrogens with zero attached hydrogens (tertiary/aromatic N) is 1. The van der Waals surface area contributed by atoms with Crippen LogP contribution < -0.4 is 0 Å². The Hall–Kier alpha value is -1.12. The van der Waals surface area contributed by atoms with Gasteiger partial charge in [-0.1, -0.05) is 13.3 Å². The first-order valence-electron chi connectivity index (χ1n) is 4.21. The van der Waals surface area contributed by atoms with E-state index in [0.29, 0.717) is 12.1 Å². The molecule has 1 aliphatic rings. The predicted molar refractivity (Wildman–Crippen MR) is 45.4 cm³/mol. The van der Waals surface area contributed by atoms with Crippen molar-refractivity contribution in [2.45, 2.75) is 26.7 Å². The lowest BCUT2D eigenvalue weighted by molar-refractivity contribution is -0.137. The van der Waals surface area contributed by atoms with Gasteiger partial charge in [-0.3, -0.25) is 14.5 Å². The summed E-state index contributed by atoms with van der Waals surface area (Å²) in [4.78, 5) is 23.7. The quantitative estimate of drug-likeness (QED) is 0.590. The molecule has 1 heterocycles. The van der Waals surface area contributed by atoms with Gasteiger partial charge in [-0.25, -0.2) is 0 Å². The number of rotatable bonds is 3. The minimum absolute atomic E-state index is 0.131. The zero-order valence-electron chi connectivity index (χ0n) is 7.46. The van der Waals surface area contributed by atoms with Crippen LogP contribution in [0.3, 0.4) is 0 Å². The molecule has 0 bridgehead atoms. The topological polar surface area (TPSA) is 37.4 Å². The van der Waals surface area contributed by atoms with E-state index >= 15 is 0 Å². The fourth-order valence-corrected chi connectivity index (χ4v) is 1.17. The summed E-state index contributed by atoms with van der Waals surface area (Å²) in [6, 6.07) is 0. The molecule has 66 valence electrons. The highest BCUT2D eigenvalue weighted by atomic mass is 16.2. The molecule has 0 radical (unpaired) electrons. The second-order valence-electron chi connectivity index (χ2n) is 2.98. The molecule has 3 nitrogen and oxygen atoms in total. The van der Waals surface area contributed by atoms with Crippen LogP contribution in [0.25, 0.3) is 0 Å². The summed E-state index contributed by atoms with van der Waals surface area (Å²) in [5.41, 5.74) is 0.552. The van der Waals surface area contributed by atoms with E-state index in [1.165, 1.54) is 11.0 Å². The van der Waals surface area contributed by atoms with E-state index in [0.717, 1.165) is 12.8 Å². The van der Waals surface area contributed by atoms with Crippen LogP contribution in [0, 0.1) is 0 Å². The highest BCUT2D eigenvalue weighted by Gasteiger charge is 2.26. The van der Waals surface area contributed by atoms with Gasteiger partial charge in [0.15, 0.2) is 0 Å². The van der Waals surface area contributed by atoms with Gasteiger partial charge in [0.25, 0.3) is 11.8 Å². The molecule has 0 saturated heterocycles. The van der Waals surface area contributed by atoms with Crippen molar-refractivity contribution >= 4 is 11.8 Å². The first kappa shape index (κ1) is 8.97. The summed E-state index contributed by atoms with van der Waals surface area (Å²) in [7, 11) is 0. The summed E-state index contributed by atoms with van der Waals surface area (Å²) in [5, 5.41) is 0. The highest BCUT2D eigenvalue weighted by molar-refractivity contribution is 6.15. The number of hydrogen-bond acceptors (Lipinski definition) is 2. The summed E-state index contributed by atoms with van der Waals surface area (Å²) in [5.74, 6) is -0.292. The van der Waals surface area contributed by atoms with Crippen LogP contribution in [0.15, 0.2) is 11.6 Å². The molecule has 0 spiro atoms. The molecule has 0 saturated carbocycles. The predicted octanol–water partition coefficient (Wildman–Crippen LogP) is 1.10. The van der Waals surface area contributed by atoms with Gasteiger partial charge >= 0.3 is 0 Å². The summed E-state index contributed by atoms with van der Waals surface area (Å²) >= 11 is 0. The molecule has 0 atom stereocenters. The average molecular weight is 167 g/mol. The van der Waals surface area contributed by atoms with Crippen LogP contribution in [0.4, 0.5) is 0 Å². The van der Waals surface area contributed by atoms with Crippen molar-refractivity contribution in [2.24, 2.45) is 0 Å². The van der Waals surface area contributed by atoms with E-state index < -0.39 is 0 Å². The molecular weight excluding hydrogens is 154 g/mol. The van der Waals surface area contributed by atoms with E-state index in [9.17, 15) is 9.59 Å². The standard InChI is InChI=1S/C9H13NO2/c1-3-4-5-10-8(11)6-7(2)9(10)12/h6H,3-5H2,1-2H3. The third kappa shape index (κ3) is 1.55. The van der Waals surface area contributed by atoms with Crippen LogP contribution in [-0.2, 0) is 9.59 Å². The van der Waals surface area contributed by atoms with Crippen LogP contribution >= 0.6 is 0 Å². The van der Waals surface area contributed by atoms with E-state index in [2.05, 4.69) is 0 Å².